The number of rotatable bonds is 2. The molecule has 0 aromatic heterocycles. The highest BCUT2D eigenvalue weighted by atomic mass is 33.2. The summed E-state index contributed by atoms with van der Waals surface area (Å²) in [5.74, 6) is 0. The zero-order chi connectivity index (χ0) is 4.41. The van der Waals surface area contributed by atoms with Crippen LogP contribution in [0.15, 0.2) is 0 Å². The lowest BCUT2D eigenvalue weighted by molar-refractivity contribution is 0.881. The van der Waals surface area contributed by atoms with Crippen LogP contribution in [0, 0.1) is 0 Å². The van der Waals surface area contributed by atoms with Crippen molar-refractivity contribution in [1.29, 1.82) is 0 Å². The Hall–Kier alpha value is 0.700. The maximum absolute atomic E-state index is 2.24. The second-order valence-corrected chi connectivity index (χ2v) is 4.39. The second kappa shape index (κ2) is 2.12. The first-order valence-electron chi connectivity index (χ1n) is 2.25. The van der Waals surface area contributed by atoms with E-state index in [0.29, 0.717) is 0 Å². The summed E-state index contributed by atoms with van der Waals surface area (Å²) in [7, 11) is 4.02. The van der Waals surface area contributed by atoms with Crippen molar-refractivity contribution in [3.8, 4) is 0 Å². The monoisotopic (exact) mass is 120 g/mol. The van der Waals surface area contributed by atoms with Crippen LogP contribution in [0.2, 0.25) is 0 Å². The highest BCUT2D eigenvalue weighted by Crippen LogP contribution is 2.55. The van der Waals surface area contributed by atoms with Gasteiger partial charge in [0, 0.05) is 0 Å². The third-order valence-corrected chi connectivity index (χ3v) is 3.09. The predicted molar refractivity (Wildman–Crippen MR) is 33.9 cm³/mol. The van der Waals surface area contributed by atoms with E-state index in [1.165, 1.54) is 12.8 Å². The van der Waals surface area contributed by atoms with Gasteiger partial charge < -0.3 is 0 Å². The van der Waals surface area contributed by atoms with Gasteiger partial charge in [0.25, 0.3) is 0 Å². The Kier molecular flexibility index (Phi) is 1.72. The summed E-state index contributed by atoms with van der Waals surface area (Å²) in [5.41, 5.74) is 0. The van der Waals surface area contributed by atoms with Crippen LogP contribution < -0.4 is 0 Å². The van der Waals surface area contributed by atoms with Gasteiger partial charge in [-0.05, 0) is 6.42 Å². The Morgan fingerprint density at radius 2 is 2.17 bits per heavy atom. The predicted octanol–water partition coefficient (Wildman–Crippen LogP) is 2.51. The van der Waals surface area contributed by atoms with Gasteiger partial charge in [0.05, 0.1) is 4.58 Å². The van der Waals surface area contributed by atoms with Gasteiger partial charge in [0.1, 0.15) is 0 Å². The van der Waals surface area contributed by atoms with Crippen molar-refractivity contribution in [2.75, 3.05) is 0 Å². The maximum atomic E-state index is 2.24. The smallest absolute Gasteiger partial charge is 0.0710 e. The van der Waals surface area contributed by atoms with Crippen LogP contribution in [0.4, 0.5) is 0 Å². The van der Waals surface area contributed by atoms with Crippen molar-refractivity contribution in [3.63, 3.8) is 0 Å². The summed E-state index contributed by atoms with van der Waals surface area (Å²) in [5, 5.41) is 0. The SMILES string of the molecule is CCCC1SS1. The van der Waals surface area contributed by atoms with Gasteiger partial charge in [-0.15, -0.1) is 0 Å². The third-order valence-electron chi connectivity index (χ3n) is 0.757. The molecule has 0 aromatic rings. The maximum Gasteiger partial charge on any atom is 0.0710 e. The first kappa shape index (κ1) is 4.85. The molecule has 0 N–H and O–H groups in total. The number of hydrogen-bond acceptors (Lipinski definition) is 2. The fraction of sp³-hybridized carbons (Fsp3) is 1.00. The van der Waals surface area contributed by atoms with Crippen LogP contribution in [-0.4, -0.2) is 4.58 Å². The van der Waals surface area contributed by atoms with E-state index in [0.717, 1.165) is 4.58 Å². The molecule has 0 amide bonds. The average molecular weight is 120 g/mol. The summed E-state index contributed by atoms with van der Waals surface area (Å²) in [6.07, 6.45) is 2.76. The third kappa shape index (κ3) is 1.43. The van der Waals surface area contributed by atoms with E-state index in [-0.39, 0.29) is 0 Å². The van der Waals surface area contributed by atoms with Crippen LogP contribution in [0.1, 0.15) is 19.8 Å². The molecule has 1 rings (SSSR count). The number of hydrogen-bond donors (Lipinski definition) is 0. The highest BCUT2D eigenvalue weighted by molar-refractivity contribution is 8.92. The zero-order valence-electron chi connectivity index (χ0n) is 3.81. The molecule has 0 spiro atoms. The fourth-order valence-corrected chi connectivity index (χ4v) is 1.93. The van der Waals surface area contributed by atoms with Crippen molar-refractivity contribution in [1.82, 2.24) is 0 Å². The van der Waals surface area contributed by atoms with Crippen molar-refractivity contribution < 1.29 is 0 Å². The Morgan fingerprint density at radius 1 is 1.50 bits per heavy atom. The second-order valence-electron chi connectivity index (χ2n) is 1.41. The van der Waals surface area contributed by atoms with Gasteiger partial charge in [-0.2, -0.15) is 0 Å². The minimum atomic E-state index is 0.981. The molecule has 1 aliphatic heterocycles. The Labute approximate surface area is 46.5 Å². The fourth-order valence-electron chi connectivity index (χ4n) is 0.371. The molecular formula is C4H8S2. The average Bonchev–Trinajstić information content (AvgIpc) is 2.21. The standard InChI is InChI=1S/C4H8S2/c1-2-3-4-5-6-4/h4H,2-3H2,1H3. The Morgan fingerprint density at radius 3 is 2.33 bits per heavy atom. The van der Waals surface area contributed by atoms with Gasteiger partial charge in [0.15, 0.2) is 0 Å². The minimum absolute atomic E-state index is 0.981. The molecule has 0 atom stereocenters. The topological polar surface area (TPSA) is 0 Å². The van der Waals surface area contributed by atoms with Crippen LogP contribution in [0.25, 0.3) is 0 Å². The van der Waals surface area contributed by atoms with E-state index < -0.39 is 0 Å². The Balaban J connectivity index is 1.88. The van der Waals surface area contributed by atoms with Crippen molar-refractivity contribution >= 4 is 21.6 Å². The largest absolute Gasteiger partial charge is 0.0777 e. The van der Waals surface area contributed by atoms with Crippen LogP contribution in [-0.2, 0) is 0 Å². The van der Waals surface area contributed by atoms with Crippen LogP contribution >= 0.6 is 21.6 Å². The first-order valence-corrected chi connectivity index (χ1v) is 4.53. The van der Waals surface area contributed by atoms with Gasteiger partial charge in [-0.1, -0.05) is 34.9 Å². The summed E-state index contributed by atoms with van der Waals surface area (Å²) >= 11 is 0. The first-order chi connectivity index (χ1) is 2.93. The summed E-state index contributed by atoms with van der Waals surface area (Å²) < 4.78 is 0.981. The molecule has 1 fully saturated rings. The minimum Gasteiger partial charge on any atom is -0.0777 e. The normalized spacial score (nSPS) is 21.5. The van der Waals surface area contributed by atoms with E-state index in [4.69, 9.17) is 0 Å². The molecule has 0 aliphatic carbocycles. The van der Waals surface area contributed by atoms with E-state index >= 15 is 0 Å². The summed E-state index contributed by atoms with van der Waals surface area (Å²) in [6.45, 7) is 2.24. The molecule has 0 unspecified atom stereocenters. The quantitative estimate of drug-likeness (QED) is 0.405. The highest BCUT2D eigenvalue weighted by Gasteiger charge is 2.21. The van der Waals surface area contributed by atoms with Crippen LogP contribution in [0.3, 0.4) is 0 Å². The molecule has 0 aromatic carbocycles. The molecule has 6 heavy (non-hydrogen) atoms. The lowest BCUT2D eigenvalue weighted by Gasteiger charge is -1.79. The van der Waals surface area contributed by atoms with Gasteiger partial charge in [-0.3, -0.25) is 0 Å². The van der Waals surface area contributed by atoms with E-state index in [9.17, 15) is 0 Å². The molecule has 0 saturated carbocycles. The van der Waals surface area contributed by atoms with Crippen molar-refractivity contribution in [2.24, 2.45) is 0 Å². The van der Waals surface area contributed by atoms with Crippen LogP contribution in [0.5, 0.6) is 0 Å². The molecule has 2 heteroatoms. The molecule has 1 heterocycles. The van der Waals surface area contributed by atoms with E-state index in [2.05, 4.69) is 6.92 Å². The molecular weight excluding hydrogens is 112 g/mol. The van der Waals surface area contributed by atoms with Gasteiger partial charge >= 0.3 is 0 Å². The Bertz CT molecular complexity index is 40.8. The van der Waals surface area contributed by atoms with Gasteiger partial charge in [-0.25, -0.2) is 0 Å². The molecule has 1 aliphatic rings. The molecule has 0 nitrogen and oxygen atoms in total. The molecule has 0 radical (unpaired) electrons. The zero-order valence-corrected chi connectivity index (χ0v) is 5.44. The van der Waals surface area contributed by atoms with E-state index in [1.807, 2.05) is 21.6 Å². The molecule has 1 saturated heterocycles. The van der Waals surface area contributed by atoms with Crippen molar-refractivity contribution in [2.45, 2.75) is 24.3 Å². The lowest BCUT2D eigenvalue weighted by atomic mass is 10.4. The summed E-state index contributed by atoms with van der Waals surface area (Å²) in [4.78, 5) is 0. The lowest BCUT2D eigenvalue weighted by Crippen LogP contribution is -1.71. The summed E-state index contributed by atoms with van der Waals surface area (Å²) in [6, 6.07) is 0. The van der Waals surface area contributed by atoms with Gasteiger partial charge in [0.2, 0.25) is 0 Å². The van der Waals surface area contributed by atoms with Crippen molar-refractivity contribution in [3.05, 3.63) is 0 Å². The van der Waals surface area contributed by atoms with E-state index in [1.54, 1.807) is 0 Å². The molecule has 36 valence electrons. The molecule has 0 bridgehead atoms.